The summed E-state index contributed by atoms with van der Waals surface area (Å²) in [6.45, 7) is -0.417. The Hall–Kier alpha value is -2.38. The number of hydrogen-bond donors (Lipinski definition) is 2. The lowest BCUT2D eigenvalue weighted by Gasteiger charge is -2.26. The molecule has 0 bridgehead atoms. The Labute approximate surface area is 198 Å². The van der Waals surface area contributed by atoms with Crippen molar-refractivity contribution in [1.82, 2.24) is 0 Å². The molecular weight excluding hydrogens is 466 g/mol. The van der Waals surface area contributed by atoms with E-state index in [1.807, 2.05) is 42.5 Å². The molecule has 0 radical (unpaired) electrons. The smallest absolute Gasteiger partial charge is 0.419 e. The lowest BCUT2D eigenvalue weighted by atomic mass is 9.93. The summed E-state index contributed by atoms with van der Waals surface area (Å²) in [6, 6.07) is 18.0. The van der Waals surface area contributed by atoms with Crippen molar-refractivity contribution in [2.75, 3.05) is 19.8 Å². The lowest BCUT2D eigenvalue weighted by molar-refractivity contribution is -0.139. The highest BCUT2D eigenvalue weighted by atomic mass is 31.1. The fraction of sp³-hybridized carbons (Fsp3) is 0.360. The van der Waals surface area contributed by atoms with E-state index < -0.39 is 32.6 Å². The first-order valence-electron chi connectivity index (χ1n) is 11.0. The second-order valence-corrected chi connectivity index (χ2v) is 8.87. The molecule has 0 amide bonds. The molecule has 0 spiro atoms. The van der Waals surface area contributed by atoms with E-state index in [1.54, 1.807) is 6.07 Å². The van der Waals surface area contributed by atoms with Gasteiger partial charge in [0.2, 0.25) is 0 Å². The maximum atomic E-state index is 13.7. The zero-order valence-corrected chi connectivity index (χ0v) is 19.8. The molecule has 3 aromatic carbocycles. The molecule has 3 aromatic rings. The number of benzene rings is 3. The summed E-state index contributed by atoms with van der Waals surface area (Å²) in [5.41, 5.74) is 5.52. The van der Waals surface area contributed by atoms with Crippen molar-refractivity contribution in [3.05, 3.63) is 77.4 Å². The van der Waals surface area contributed by atoms with Crippen molar-refractivity contribution in [1.29, 1.82) is 0 Å². The summed E-state index contributed by atoms with van der Waals surface area (Å²) >= 11 is 0. The summed E-state index contributed by atoms with van der Waals surface area (Å²) in [7, 11) is -1.48. The van der Waals surface area contributed by atoms with E-state index in [0.717, 1.165) is 22.4 Å². The number of alkyl halides is 3. The molecular formula is C25H29F3NO4P. The quantitative estimate of drug-likeness (QED) is 0.267. The van der Waals surface area contributed by atoms with E-state index in [-0.39, 0.29) is 31.8 Å². The van der Waals surface area contributed by atoms with Crippen molar-refractivity contribution in [2.45, 2.75) is 37.4 Å². The van der Waals surface area contributed by atoms with Gasteiger partial charge in [-0.1, -0.05) is 48.5 Å². The first-order chi connectivity index (χ1) is 16.3. The number of nitrogens with two attached hydrogens (primary N) is 1. The van der Waals surface area contributed by atoms with Gasteiger partial charge in [-0.15, -0.1) is 0 Å². The van der Waals surface area contributed by atoms with Crippen LogP contribution in [0.1, 0.15) is 29.5 Å². The highest BCUT2D eigenvalue weighted by Gasteiger charge is 2.35. The molecule has 5 nitrogen and oxygen atoms in total. The lowest BCUT2D eigenvalue weighted by Crippen LogP contribution is -2.47. The van der Waals surface area contributed by atoms with Gasteiger partial charge in [-0.05, 0) is 59.7 Å². The molecule has 34 heavy (non-hydrogen) atoms. The number of rotatable bonds is 12. The average molecular weight is 495 g/mol. The van der Waals surface area contributed by atoms with Gasteiger partial charge in [0.1, 0.15) is 5.75 Å². The third kappa shape index (κ3) is 7.06. The predicted molar refractivity (Wildman–Crippen MR) is 128 cm³/mol. The Morgan fingerprint density at radius 1 is 1.00 bits per heavy atom. The van der Waals surface area contributed by atoms with Crippen LogP contribution in [0.15, 0.2) is 60.7 Å². The Bertz CT molecular complexity index is 1100. The molecule has 2 atom stereocenters. The zero-order valence-electron chi connectivity index (χ0n) is 18.7. The number of halogens is 3. The maximum Gasteiger partial charge on any atom is 0.419 e. The standard InChI is InChI=1S/C25H29F3NO4P/c26-25(27,28)22-15-18(12-13-24(29,16-30)17-33-34-31)10-11-23(22)32-14-4-8-20-7-3-6-19-5-1-2-9-21(19)20/h1-3,5-7,9-11,15,30H,4,8,12-14,16-17,29,34H2. The molecule has 0 aliphatic rings. The SMILES string of the molecule is NC(CO)(CCc1ccc(OCCCc2cccc3ccccc23)c(C(F)(F)F)c1)CO[PH2]=O. The van der Waals surface area contributed by atoms with Gasteiger partial charge < -0.3 is 20.1 Å². The van der Waals surface area contributed by atoms with E-state index in [0.29, 0.717) is 18.4 Å². The fourth-order valence-corrected chi connectivity index (χ4v) is 4.23. The van der Waals surface area contributed by atoms with Crippen LogP contribution in [0.25, 0.3) is 10.8 Å². The molecule has 3 rings (SSSR count). The van der Waals surface area contributed by atoms with Crippen molar-refractivity contribution in [3.8, 4) is 5.75 Å². The number of aliphatic hydroxyl groups is 1. The molecule has 0 aliphatic carbocycles. The van der Waals surface area contributed by atoms with E-state index >= 15 is 0 Å². The Kier molecular flexibility index (Phi) is 9.14. The third-order valence-corrected chi connectivity index (χ3v) is 6.05. The normalized spacial score (nSPS) is 14.0. The van der Waals surface area contributed by atoms with Crippen molar-refractivity contribution >= 4 is 19.5 Å². The van der Waals surface area contributed by atoms with Crippen LogP contribution in [0.4, 0.5) is 13.2 Å². The second-order valence-electron chi connectivity index (χ2n) is 8.35. The maximum absolute atomic E-state index is 13.7. The summed E-state index contributed by atoms with van der Waals surface area (Å²) in [5, 5.41) is 11.7. The highest BCUT2D eigenvalue weighted by Crippen LogP contribution is 2.37. The minimum atomic E-state index is -4.58. The molecule has 0 aromatic heterocycles. The van der Waals surface area contributed by atoms with Crippen LogP contribution in [0.3, 0.4) is 0 Å². The van der Waals surface area contributed by atoms with Gasteiger partial charge in [0.05, 0.1) is 30.9 Å². The summed E-state index contributed by atoms with van der Waals surface area (Å²) in [6.07, 6.45) is -2.95. The highest BCUT2D eigenvalue weighted by molar-refractivity contribution is 7.17. The second kappa shape index (κ2) is 11.8. The molecule has 0 aliphatic heterocycles. The van der Waals surface area contributed by atoms with Crippen LogP contribution in [-0.2, 0) is 28.1 Å². The third-order valence-electron chi connectivity index (χ3n) is 5.74. The van der Waals surface area contributed by atoms with Crippen LogP contribution < -0.4 is 10.5 Å². The number of ether oxygens (including phenoxy) is 1. The minimum Gasteiger partial charge on any atom is -0.493 e. The van der Waals surface area contributed by atoms with E-state index in [2.05, 4.69) is 0 Å². The molecule has 0 fully saturated rings. The first-order valence-corrected chi connectivity index (χ1v) is 11.9. The van der Waals surface area contributed by atoms with Crippen LogP contribution in [-0.4, -0.2) is 30.5 Å². The van der Waals surface area contributed by atoms with Crippen molar-refractivity contribution in [2.24, 2.45) is 5.73 Å². The van der Waals surface area contributed by atoms with E-state index in [4.69, 9.17) is 15.0 Å². The molecule has 184 valence electrons. The average Bonchev–Trinajstić information content (AvgIpc) is 2.84. The molecule has 0 saturated heterocycles. The van der Waals surface area contributed by atoms with Gasteiger partial charge in [0, 0.05) is 0 Å². The van der Waals surface area contributed by atoms with E-state index in [1.165, 1.54) is 6.07 Å². The summed E-state index contributed by atoms with van der Waals surface area (Å²) in [5.74, 6) is -0.214. The van der Waals surface area contributed by atoms with Crippen molar-refractivity contribution < 1.29 is 32.1 Å². The van der Waals surface area contributed by atoms with Gasteiger partial charge in [-0.3, -0.25) is 4.57 Å². The van der Waals surface area contributed by atoms with Gasteiger partial charge in [-0.25, -0.2) is 0 Å². The van der Waals surface area contributed by atoms with Crippen LogP contribution in [0.2, 0.25) is 0 Å². The van der Waals surface area contributed by atoms with Gasteiger partial charge in [-0.2, -0.15) is 13.2 Å². The van der Waals surface area contributed by atoms with Crippen molar-refractivity contribution in [3.63, 3.8) is 0 Å². The topological polar surface area (TPSA) is 81.8 Å². The summed E-state index contributed by atoms with van der Waals surface area (Å²) in [4.78, 5) is 0. The number of fused-ring (bicyclic) bond motifs is 1. The Balaban J connectivity index is 1.64. The molecule has 9 heteroatoms. The largest absolute Gasteiger partial charge is 0.493 e. The Morgan fingerprint density at radius 2 is 1.76 bits per heavy atom. The van der Waals surface area contributed by atoms with Gasteiger partial charge in [0.25, 0.3) is 0 Å². The molecule has 3 N–H and O–H groups in total. The molecule has 2 unspecified atom stereocenters. The minimum absolute atomic E-state index is 0.133. The van der Waals surface area contributed by atoms with Crippen LogP contribution in [0, 0.1) is 0 Å². The Morgan fingerprint density at radius 3 is 2.50 bits per heavy atom. The van der Waals surface area contributed by atoms with Gasteiger partial charge in [0.15, 0.2) is 8.69 Å². The first kappa shape index (κ1) is 26.2. The van der Waals surface area contributed by atoms with E-state index in [9.17, 15) is 22.8 Å². The number of aliphatic hydroxyl groups excluding tert-OH is 1. The zero-order chi connectivity index (χ0) is 24.6. The van der Waals surface area contributed by atoms with Crippen LogP contribution in [0.5, 0.6) is 5.75 Å². The fourth-order valence-electron chi connectivity index (χ4n) is 3.83. The number of aryl methyl sites for hydroxylation is 2. The van der Waals surface area contributed by atoms with Crippen LogP contribution >= 0.6 is 8.69 Å². The predicted octanol–water partition coefficient (Wildman–Crippen LogP) is 5.18. The number of hydrogen-bond acceptors (Lipinski definition) is 5. The van der Waals surface area contributed by atoms with Gasteiger partial charge >= 0.3 is 6.18 Å². The molecule has 0 heterocycles. The molecule has 0 saturated carbocycles. The summed E-state index contributed by atoms with van der Waals surface area (Å²) < 4.78 is 62.0. The monoisotopic (exact) mass is 495 g/mol.